The Hall–Kier alpha value is -0.950. The summed E-state index contributed by atoms with van der Waals surface area (Å²) < 4.78 is 29.6. The van der Waals surface area contributed by atoms with Crippen LogP contribution in [0.4, 0.5) is 0 Å². The molecule has 0 fully saturated rings. The van der Waals surface area contributed by atoms with Gasteiger partial charge in [0.15, 0.2) is 0 Å². The highest BCUT2D eigenvalue weighted by atomic mass is 32.2. The molecule has 0 unspecified atom stereocenters. The van der Waals surface area contributed by atoms with Crippen molar-refractivity contribution in [3.63, 3.8) is 0 Å². The third kappa shape index (κ3) is 4.28. The number of rotatable bonds is 6. The molecule has 1 heterocycles. The summed E-state index contributed by atoms with van der Waals surface area (Å²) in [5.74, 6) is -0.553. The SMILES string of the molecule is [CH]CCCN1N=C(CCS(=O)(=O)O)CC1=O. The molecule has 1 aliphatic rings. The van der Waals surface area contributed by atoms with E-state index in [0.29, 0.717) is 25.1 Å². The average molecular weight is 246 g/mol. The molecular weight excluding hydrogens is 232 g/mol. The van der Waals surface area contributed by atoms with E-state index in [9.17, 15) is 13.2 Å². The first-order valence-electron chi connectivity index (χ1n) is 4.94. The monoisotopic (exact) mass is 246 g/mol. The second kappa shape index (κ2) is 5.40. The highest BCUT2D eigenvalue weighted by molar-refractivity contribution is 7.85. The summed E-state index contributed by atoms with van der Waals surface area (Å²) in [4.78, 5) is 11.4. The van der Waals surface area contributed by atoms with Gasteiger partial charge in [-0.3, -0.25) is 9.35 Å². The Morgan fingerprint density at radius 3 is 2.75 bits per heavy atom. The van der Waals surface area contributed by atoms with Crippen molar-refractivity contribution in [1.82, 2.24) is 5.01 Å². The van der Waals surface area contributed by atoms with Crippen molar-refractivity contribution in [2.75, 3.05) is 12.3 Å². The number of unbranched alkanes of at least 4 members (excludes halogenated alkanes) is 1. The summed E-state index contributed by atoms with van der Waals surface area (Å²) in [5, 5.41) is 5.28. The molecule has 7 heteroatoms. The lowest BCUT2D eigenvalue weighted by atomic mass is 10.2. The van der Waals surface area contributed by atoms with E-state index >= 15 is 0 Å². The number of hydrazone groups is 1. The molecule has 1 amide bonds. The minimum Gasteiger partial charge on any atom is -0.286 e. The minimum atomic E-state index is -3.99. The fourth-order valence-electron chi connectivity index (χ4n) is 1.33. The van der Waals surface area contributed by atoms with Gasteiger partial charge in [-0.15, -0.1) is 0 Å². The van der Waals surface area contributed by atoms with E-state index < -0.39 is 15.9 Å². The largest absolute Gasteiger partial charge is 0.286 e. The van der Waals surface area contributed by atoms with Gasteiger partial charge in [-0.1, -0.05) is 0 Å². The Kier molecular flexibility index (Phi) is 4.43. The van der Waals surface area contributed by atoms with Crippen molar-refractivity contribution in [1.29, 1.82) is 0 Å². The second-order valence-corrected chi connectivity index (χ2v) is 5.11. The molecule has 1 rings (SSSR count). The Morgan fingerprint density at radius 1 is 1.50 bits per heavy atom. The van der Waals surface area contributed by atoms with Crippen molar-refractivity contribution in [2.24, 2.45) is 5.10 Å². The number of amides is 1. The van der Waals surface area contributed by atoms with Gasteiger partial charge < -0.3 is 0 Å². The molecule has 0 bridgehead atoms. The van der Waals surface area contributed by atoms with Crippen LogP contribution in [-0.4, -0.2) is 41.9 Å². The van der Waals surface area contributed by atoms with Gasteiger partial charge in [0, 0.05) is 18.7 Å². The number of hydrogen-bond donors (Lipinski definition) is 1. The zero-order valence-corrected chi connectivity index (χ0v) is 9.61. The molecular formula is C9H14N2O4S. The standard InChI is InChI=1S/C9H14N2O4S/c1-2-3-5-11-9(12)7-8(10-11)4-6-16(13,14)15/h1H,2-7H2,(H,13,14,15). The van der Waals surface area contributed by atoms with E-state index in [1.165, 1.54) is 5.01 Å². The molecule has 0 saturated heterocycles. The highest BCUT2D eigenvalue weighted by Crippen LogP contribution is 2.12. The molecule has 6 nitrogen and oxygen atoms in total. The van der Waals surface area contributed by atoms with E-state index in [1.807, 2.05) is 0 Å². The van der Waals surface area contributed by atoms with Crippen LogP contribution in [0, 0.1) is 6.92 Å². The Bertz CT molecular complexity index is 388. The number of carbonyl (C=O) groups excluding carboxylic acids is 1. The number of nitrogens with zero attached hydrogens (tertiary/aromatic N) is 2. The third-order valence-corrected chi connectivity index (χ3v) is 2.85. The van der Waals surface area contributed by atoms with Crippen LogP contribution < -0.4 is 0 Å². The van der Waals surface area contributed by atoms with Gasteiger partial charge in [-0.05, 0) is 19.8 Å². The lowest BCUT2D eigenvalue weighted by Gasteiger charge is -2.09. The lowest BCUT2D eigenvalue weighted by Crippen LogP contribution is -2.21. The summed E-state index contributed by atoms with van der Waals surface area (Å²) in [7, 11) is -3.99. The topological polar surface area (TPSA) is 87.0 Å². The zero-order chi connectivity index (χ0) is 12.2. The van der Waals surface area contributed by atoms with Crippen LogP contribution >= 0.6 is 0 Å². The summed E-state index contributed by atoms with van der Waals surface area (Å²) in [6.07, 6.45) is 1.34. The van der Waals surface area contributed by atoms with Crippen molar-refractivity contribution in [2.45, 2.75) is 25.7 Å². The average Bonchev–Trinajstić information content (AvgIpc) is 2.52. The van der Waals surface area contributed by atoms with E-state index in [1.54, 1.807) is 0 Å². The van der Waals surface area contributed by atoms with Gasteiger partial charge in [-0.25, -0.2) is 5.01 Å². The fourth-order valence-corrected chi connectivity index (χ4v) is 1.82. The summed E-state index contributed by atoms with van der Waals surface area (Å²) >= 11 is 0. The van der Waals surface area contributed by atoms with Crippen LogP contribution in [-0.2, 0) is 14.9 Å². The normalized spacial score (nSPS) is 16.8. The maximum Gasteiger partial charge on any atom is 0.265 e. The molecule has 0 saturated carbocycles. The molecule has 90 valence electrons. The van der Waals surface area contributed by atoms with E-state index in [-0.39, 0.29) is 18.7 Å². The maximum atomic E-state index is 11.4. The minimum absolute atomic E-state index is 0.0870. The fraction of sp³-hybridized carbons (Fsp3) is 0.667. The molecule has 0 aliphatic carbocycles. The first kappa shape index (κ1) is 13.1. The molecule has 0 aromatic heterocycles. The van der Waals surface area contributed by atoms with Gasteiger partial charge in [0.1, 0.15) is 0 Å². The Labute approximate surface area is 95.1 Å². The van der Waals surface area contributed by atoms with Gasteiger partial charge >= 0.3 is 0 Å². The van der Waals surface area contributed by atoms with Crippen molar-refractivity contribution >= 4 is 21.7 Å². The molecule has 0 spiro atoms. The number of carbonyl (C=O) groups is 1. The number of hydrogen-bond acceptors (Lipinski definition) is 4. The van der Waals surface area contributed by atoms with Crippen LogP contribution in [0.3, 0.4) is 0 Å². The van der Waals surface area contributed by atoms with Gasteiger partial charge in [0.05, 0.1) is 12.2 Å². The molecule has 0 atom stereocenters. The van der Waals surface area contributed by atoms with E-state index in [4.69, 9.17) is 11.5 Å². The van der Waals surface area contributed by atoms with Crippen LogP contribution in [0.15, 0.2) is 5.10 Å². The molecule has 16 heavy (non-hydrogen) atoms. The molecule has 0 aromatic rings. The highest BCUT2D eigenvalue weighted by Gasteiger charge is 2.23. The smallest absolute Gasteiger partial charge is 0.265 e. The summed E-state index contributed by atoms with van der Waals surface area (Å²) in [6.45, 7) is 5.75. The first-order valence-corrected chi connectivity index (χ1v) is 6.55. The van der Waals surface area contributed by atoms with Crippen LogP contribution in [0.2, 0.25) is 0 Å². The first-order chi connectivity index (χ1) is 7.42. The zero-order valence-electron chi connectivity index (χ0n) is 8.79. The Balaban J connectivity index is 2.47. The van der Waals surface area contributed by atoms with Crippen molar-refractivity contribution in [3.8, 4) is 0 Å². The van der Waals surface area contributed by atoms with Gasteiger partial charge in [-0.2, -0.15) is 13.5 Å². The van der Waals surface area contributed by atoms with E-state index in [2.05, 4.69) is 5.10 Å². The predicted octanol–water partition coefficient (Wildman–Crippen LogP) is 0.344. The Morgan fingerprint density at radius 2 is 2.19 bits per heavy atom. The van der Waals surface area contributed by atoms with Crippen molar-refractivity contribution in [3.05, 3.63) is 6.92 Å². The summed E-state index contributed by atoms with van der Waals surface area (Å²) in [6, 6.07) is 0. The summed E-state index contributed by atoms with van der Waals surface area (Å²) in [5.41, 5.74) is 0.486. The second-order valence-electron chi connectivity index (χ2n) is 3.54. The lowest BCUT2D eigenvalue weighted by molar-refractivity contribution is -0.128. The van der Waals surface area contributed by atoms with E-state index in [0.717, 1.165) is 0 Å². The third-order valence-electron chi connectivity index (χ3n) is 2.13. The van der Waals surface area contributed by atoms with Crippen LogP contribution in [0.25, 0.3) is 0 Å². The molecule has 2 radical (unpaired) electrons. The van der Waals surface area contributed by atoms with Gasteiger partial charge in [0.2, 0.25) is 5.91 Å². The van der Waals surface area contributed by atoms with Gasteiger partial charge in [0.25, 0.3) is 10.1 Å². The quantitative estimate of drug-likeness (QED) is 0.685. The molecule has 0 aromatic carbocycles. The van der Waals surface area contributed by atoms with Crippen LogP contribution in [0.1, 0.15) is 25.7 Å². The molecule has 1 aliphatic heterocycles. The maximum absolute atomic E-state index is 11.4. The van der Waals surface area contributed by atoms with Crippen LogP contribution in [0.5, 0.6) is 0 Å². The molecule has 1 N–H and O–H groups in total. The van der Waals surface area contributed by atoms with Crippen molar-refractivity contribution < 1.29 is 17.8 Å². The predicted molar refractivity (Wildman–Crippen MR) is 58.3 cm³/mol.